The fourth-order valence-electron chi connectivity index (χ4n) is 3.63. The molecule has 3 N–H and O–H groups in total. The van der Waals surface area contributed by atoms with E-state index < -0.39 is 0 Å². The van der Waals surface area contributed by atoms with Gasteiger partial charge in [0.1, 0.15) is 0 Å². The van der Waals surface area contributed by atoms with Crippen LogP contribution in [0.3, 0.4) is 0 Å². The van der Waals surface area contributed by atoms with Gasteiger partial charge in [0, 0.05) is 24.4 Å². The van der Waals surface area contributed by atoms with Gasteiger partial charge in [-0.3, -0.25) is 9.59 Å². The lowest BCUT2D eigenvalue weighted by Gasteiger charge is -2.29. The Balaban J connectivity index is 1.62. The van der Waals surface area contributed by atoms with E-state index in [2.05, 4.69) is 16.0 Å². The topological polar surface area (TPSA) is 70.2 Å². The number of hydrogen-bond acceptors (Lipinski definition) is 3. The summed E-state index contributed by atoms with van der Waals surface area (Å²) >= 11 is 0. The zero-order valence-electron chi connectivity index (χ0n) is 13.8. The highest BCUT2D eigenvalue weighted by Crippen LogP contribution is 2.27. The lowest BCUT2D eigenvalue weighted by atomic mass is 9.85. The first-order valence-corrected chi connectivity index (χ1v) is 8.93. The Labute approximate surface area is 134 Å². The van der Waals surface area contributed by atoms with E-state index >= 15 is 0 Å². The van der Waals surface area contributed by atoms with Crippen LogP contribution >= 0.6 is 0 Å². The Bertz CT molecular complexity index is 359. The second-order valence-corrected chi connectivity index (χ2v) is 6.79. The smallest absolute Gasteiger partial charge is 0.223 e. The third-order valence-corrected chi connectivity index (χ3v) is 5.07. The van der Waals surface area contributed by atoms with Crippen molar-refractivity contribution in [2.75, 3.05) is 20.1 Å². The lowest BCUT2D eigenvalue weighted by molar-refractivity contribution is -0.126. The number of amides is 2. The minimum Gasteiger partial charge on any atom is -0.356 e. The second-order valence-electron chi connectivity index (χ2n) is 6.79. The number of carbonyl (C=O) groups excluding carboxylic acids is 2. The molecule has 126 valence electrons. The maximum atomic E-state index is 12.1. The Hall–Kier alpha value is -1.10. The molecular formula is C17H31N3O2. The van der Waals surface area contributed by atoms with Crippen LogP contribution in [-0.2, 0) is 9.59 Å². The molecule has 0 heterocycles. The highest BCUT2D eigenvalue weighted by atomic mass is 16.2. The Morgan fingerprint density at radius 3 is 2.14 bits per heavy atom. The molecule has 2 amide bonds. The third-order valence-electron chi connectivity index (χ3n) is 5.07. The SMILES string of the molecule is CNCCCNC(=O)C1CCC(NC(=O)C2CCCC2)CC1. The van der Waals surface area contributed by atoms with Crippen LogP contribution in [0, 0.1) is 11.8 Å². The van der Waals surface area contributed by atoms with Gasteiger partial charge in [-0.1, -0.05) is 12.8 Å². The molecule has 0 atom stereocenters. The number of rotatable bonds is 7. The molecule has 2 rings (SSSR count). The van der Waals surface area contributed by atoms with Crippen LogP contribution in [0.25, 0.3) is 0 Å². The maximum absolute atomic E-state index is 12.1. The van der Waals surface area contributed by atoms with Crippen molar-refractivity contribution in [3.63, 3.8) is 0 Å². The van der Waals surface area contributed by atoms with Gasteiger partial charge in [0.15, 0.2) is 0 Å². The van der Waals surface area contributed by atoms with Crippen molar-refractivity contribution < 1.29 is 9.59 Å². The van der Waals surface area contributed by atoms with Crippen molar-refractivity contribution in [3.05, 3.63) is 0 Å². The van der Waals surface area contributed by atoms with Gasteiger partial charge >= 0.3 is 0 Å². The summed E-state index contributed by atoms with van der Waals surface area (Å²) in [6, 6.07) is 0.279. The van der Waals surface area contributed by atoms with Gasteiger partial charge in [-0.2, -0.15) is 0 Å². The number of nitrogens with one attached hydrogen (secondary N) is 3. The first-order chi connectivity index (χ1) is 10.7. The van der Waals surface area contributed by atoms with Gasteiger partial charge < -0.3 is 16.0 Å². The van der Waals surface area contributed by atoms with Crippen LogP contribution in [0.1, 0.15) is 57.8 Å². The molecule has 0 aromatic rings. The second kappa shape index (κ2) is 9.13. The summed E-state index contributed by atoms with van der Waals surface area (Å²) in [5, 5.41) is 9.30. The van der Waals surface area contributed by atoms with E-state index in [0.29, 0.717) is 0 Å². The molecule has 5 nitrogen and oxygen atoms in total. The Kier molecular flexibility index (Phi) is 7.16. The lowest BCUT2D eigenvalue weighted by Crippen LogP contribution is -2.42. The van der Waals surface area contributed by atoms with Crippen LogP contribution in [0.2, 0.25) is 0 Å². The predicted octanol–water partition coefficient (Wildman–Crippen LogP) is 1.58. The van der Waals surface area contributed by atoms with E-state index in [-0.39, 0.29) is 29.7 Å². The summed E-state index contributed by atoms with van der Waals surface area (Å²) < 4.78 is 0. The average Bonchev–Trinajstić information content (AvgIpc) is 3.06. The van der Waals surface area contributed by atoms with Gasteiger partial charge in [0.05, 0.1) is 0 Å². The zero-order valence-corrected chi connectivity index (χ0v) is 13.8. The average molecular weight is 309 g/mol. The Morgan fingerprint density at radius 1 is 0.864 bits per heavy atom. The third kappa shape index (κ3) is 5.27. The van der Waals surface area contributed by atoms with Crippen LogP contribution in [0.5, 0.6) is 0 Å². The molecule has 0 aliphatic heterocycles. The summed E-state index contributed by atoms with van der Waals surface area (Å²) in [6.07, 6.45) is 9.12. The maximum Gasteiger partial charge on any atom is 0.223 e. The van der Waals surface area contributed by atoms with Crippen molar-refractivity contribution in [1.82, 2.24) is 16.0 Å². The first kappa shape index (κ1) is 17.3. The van der Waals surface area contributed by atoms with Crippen molar-refractivity contribution in [2.45, 2.75) is 63.8 Å². The molecule has 0 aromatic heterocycles. The van der Waals surface area contributed by atoms with Crippen molar-refractivity contribution in [2.24, 2.45) is 11.8 Å². The molecule has 2 fully saturated rings. The normalized spacial score (nSPS) is 25.9. The van der Waals surface area contributed by atoms with Crippen LogP contribution in [0.15, 0.2) is 0 Å². The molecule has 5 heteroatoms. The first-order valence-electron chi connectivity index (χ1n) is 8.93. The molecule has 22 heavy (non-hydrogen) atoms. The van der Waals surface area contributed by atoms with Crippen molar-refractivity contribution in [3.8, 4) is 0 Å². The monoisotopic (exact) mass is 309 g/mol. The molecular weight excluding hydrogens is 278 g/mol. The predicted molar refractivity (Wildman–Crippen MR) is 87.4 cm³/mol. The molecule has 0 bridgehead atoms. The molecule has 0 aromatic carbocycles. The highest BCUT2D eigenvalue weighted by molar-refractivity contribution is 5.80. The van der Waals surface area contributed by atoms with E-state index in [9.17, 15) is 9.59 Å². The fourth-order valence-corrected chi connectivity index (χ4v) is 3.63. The van der Waals surface area contributed by atoms with E-state index in [0.717, 1.165) is 58.0 Å². The standard InChI is InChI=1S/C17H31N3O2/c1-18-11-4-12-19-16(21)14-7-9-15(10-8-14)20-17(22)13-5-2-3-6-13/h13-15,18H,2-12H2,1H3,(H,19,21)(H,20,22). The van der Waals surface area contributed by atoms with E-state index in [1.54, 1.807) is 0 Å². The van der Waals surface area contributed by atoms with E-state index in [1.807, 2.05) is 7.05 Å². The van der Waals surface area contributed by atoms with Gasteiger partial charge in [0.2, 0.25) is 11.8 Å². The number of hydrogen-bond donors (Lipinski definition) is 3. The quantitative estimate of drug-likeness (QED) is 0.625. The number of carbonyl (C=O) groups is 2. The van der Waals surface area contributed by atoms with E-state index in [1.165, 1.54) is 12.8 Å². The molecule has 0 radical (unpaired) electrons. The van der Waals surface area contributed by atoms with Crippen molar-refractivity contribution >= 4 is 11.8 Å². The van der Waals surface area contributed by atoms with Crippen LogP contribution in [-0.4, -0.2) is 38.0 Å². The zero-order chi connectivity index (χ0) is 15.8. The summed E-state index contributed by atoms with van der Waals surface area (Å²) in [7, 11) is 1.92. The molecule has 2 saturated carbocycles. The van der Waals surface area contributed by atoms with Gasteiger partial charge in [-0.25, -0.2) is 0 Å². The van der Waals surface area contributed by atoms with Crippen LogP contribution < -0.4 is 16.0 Å². The highest BCUT2D eigenvalue weighted by Gasteiger charge is 2.29. The van der Waals surface area contributed by atoms with Gasteiger partial charge in [-0.05, 0) is 58.5 Å². The summed E-state index contributed by atoms with van der Waals surface area (Å²) in [4.78, 5) is 24.2. The molecule has 0 spiro atoms. The molecule has 0 unspecified atom stereocenters. The van der Waals surface area contributed by atoms with Gasteiger partial charge in [-0.15, -0.1) is 0 Å². The molecule has 2 aliphatic carbocycles. The summed E-state index contributed by atoms with van der Waals surface area (Å²) in [5.74, 6) is 0.816. The minimum atomic E-state index is 0.134. The van der Waals surface area contributed by atoms with Gasteiger partial charge in [0.25, 0.3) is 0 Å². The minimum absolute atomic E-state index is 0.134. The Morgan fingerprint density at radius 2 is 1.50 bits per heavy atom. The molecule has 0 saturated heterocycles. The molecule has 2 aliphatic rings. The van der Waals surface area contributed by atoms with Crippen molar-refractivity contribution in [1.29, 1.82) is 0 Å². The summed E-state index contributed by atoms with van der Waals surface area (Å²) in [6.45, 7) is 1.68. The van der Waals surface area contributed by atoms with Crippen LogP contribution in [0.4, 0.5) is 0 Å². The summed E-state index contributed by atoms with van der Waals surface area (Å²) in [5.41, 5.74) is 0. The fraction of sp³-hybridized carbons (Fsp3) is 0.882. The largest absolute Gasteiger partial charge is 0.356 e. The van der Waals surface area contributed by atoms with E-state index in [4.69, 9.17) is 0 Å².